The van der Waals surface area contributed by atoms with Gasteiger partial charge in [0, 0.05) is 4.47 Å². The van der Waals surface area contributed by atoms with Crippen LogP contribution in [0.25, 0.3) is 0 Å². The van der Waals surface area contributed by atoms with Crippen molar-refractivity contribution < 1.29 is 0 Å². The molecule has 1 unspecified atom stereocenters. The second-order valence-electron chi connectivity index (χ2n) is 3.71. The lowest BCUT2D eigenvalue weighted by atomic mass is 10.0. The van der Waals surface area contributed by atoms with Crippen molar-refractivity contribution in [1.29, 1.82) is 0 Å². The Bertz CT molecular complexity index is 532. The largest absolute Gasteiger partial charge is 0.113 e. The summed E-state index contributed by atoms with van der Waals surface area (Å²) in [7, 11) is 0. The van der Waals surface area contributed by atoms with Gasteiger partial charge in [-0.05, 0) is 51.3 Å². The molecule has 0 fully saturated rings. The third-order valence-electron chi connectivity index (χ3n) is 2.47. The van der Waals surface area contributed by atoms with Crippen LogP contribution >= 0.6 is 62.3 Å². The van der Waals surface area contributed by atoms with Crippen LogP contribution in [0.1, 0.15) is 16.5 Å². The van der Waals surface area contributed by atoms with Gasteiger partial charge in [0.15, 0.2) is 0 Å². The first-order chi connectivity index (χ1) is 8.49. The van der Waals surface area contributed by atoms with Crippen molar-refractivity contribution in [2.75, 3.05) is 0 Å². The van der Waals surface area contributed by atoms with Crippen molar-refractivity contribution in [1.82, 2.24) is 0 Å². The molecule has 0 amide bonds. The molecule has 2 aromatic rings. The van der Waals surface area contributed by atoms with E-state index in [9.17, 15) is 0 Å². The van der Waals surface area contributed by atoms with Gasteiger partial charge in [0.2, 0.25) is 0 Å². The molecule has 0 aromatic heterocycles. The van der Waals surface area contributed by atoms with Crippen molar-refractivity contribution in [2.45, 2.75) is 5.38 Å². The maximum absolute atomic E-state index is 6.41. The molecule has 5 heteroatoms. The fourth-order valence-electron chi connectivity index (χ4n) is 1.53. The van der Waals surface area contributed by atoms with Gasteiger partial charge in [-0.3, -0.25) is 0 Å². The van der Waals surface area contributed by atoms with Gasteiger partial charge in [0.05, 0.1) is 20.4 Å². The summed E-state index contributed by atoms with van der Waals surface area (Å²) in [4.78, 5) is 0. The summed E-state index contributed by atoms with van der Waals surface area (Å²) in [6.07, 6.45) is 0. The average molecular weight is 385 g/mol. The summed E-state index contributed by atoms with van der Waals surface area (Å²) in [5, 5.41) is 1.36. The van der Waals surface area contributed by atoms with Gasteiger partial charge in [-0.15, -0.1) is 11.6 Å². The van der Waals surface area contributed by atoms with E-state index in [0.717, 1.165) is 15.6 Å². The van der Waals surface area contributed by atoms with Crippen LogP contribution < -0.4 is 0 Å². The van der Waals surface area contributed by atoms with Gasteiger partial charge in [-0.25, -0.2) is 0 Å². The van der Waals surface area contributed by atoms with E-state index in [1.165, 1.54) is 0 Å². The molecule has 0 aliphatic carbocycles. The van der Waals surface area contributed by atoms with E-state index in [0.29, 0.717) is 15.1 Å². The van der Waals surface area contributed by atoms with Gasteiger partial charge in [-0.1, -0.05) is 46.9 Å². The zero-order chi connectivity index (χ0) is 13.3. The van der Waals surface area contributed by atoms with Crippen LogP contribution in [0.3, 0.4) is 0 Å². The SMILES string of the molecule is Clc1ccc(C(Cl)c2ccc(Cl)c(Br)c2)cc1Cl. The lowest BCUT2D eigenvalue weighted by molar-refractivity contribution is 1.14. The third kappa shape index (κ3) is 3.15. The molecule has 18 heavy (non-hydrogen) atoms. The van der Waals surface area contributed by atoms with Crippen molar-refractivity contribution in [3.8, 4) is 0 Å². The number of halogens is 5. The molecule has 0 heterocycles. The molecule has 0 bridgehead atoms. The number of alkyl halides is 1. The van der Waals surface area contributed by atoms with Crippen molar-refractivity contribution in [2.24, 2.45) is 0 Å². The van der Waals surface area contributed by atoms with Crippen LogP contribution in [0.15, 0.2) is 40.9 Å². The van der Waals surface area contributed by atoms with Crippen LogP contribution in [-0.4, -0.2) is 0 Å². The molecule has 94 valence electrons. The summed E-state index contributed by atoms with van der Waals surface area (Å²) in [5.41, 5.74) is 1.83. The molecule has 1 atom stereocenters. The Morgan fingerprint density at radius 1 is 0.778 bits per heavy atom. The second-order valence-corrected chi connectivity index (χ2v) is 6.22. The molecule has 2 rings (SSSR count). The minimum atomic E-state index is -0.298. The fraction of sp³-hybridized carbons (Fsp3) is 0.0769. The fourth-order valence-corrected chi connectivity index (χ4v) is 2.62. The Kier molecular flexibility index (Phi) is 4.85. The zero-order valence-corrected chi connectivity index (χ0v) is 13.5. The average Bonchev–Trinajstić information content (AvgIpc) is 2.35. The quantitative estimate of drug-likeness (QED) is 0.503. The van der Waals surface area contributed by atoms with Gasteiger partial charge < -0.3 is 0 Å². The number of rotatable bonds is 2. The molecule has 0 aliphatic heterocycles. The van der Waals surface area contributed by atoms with Crippen LogP contribution in [0.2, 0.25) is 15.1 Å². The first-order valence-corrected chi connectivity index (χ1v) is 7.39. The van der Waals surface area contributed by atoms with E-state index in [1.54, 1.807) is 18.2 Å². The van der Waals surface area contributed by atoms with E-state index in [4.69, 9.17) is 46.4 Å². The first-order valence-electron chi connectivity index (χ1n) is 5.03. The molecule has 0 saturated heterocycles. The molecule has 0 radical (unpaired) electrons. The molecule has 0 nitrogen and oxygen atoms in total. The molecule has 2 aromatic carbocycles. The summed E-state index contributed by atoms with van der Waals surface area (Å²) >= 11 is 27.6. The molecule has 0 aliphatic rings. The van der Waals surface area contributed by atoms with Crippen molar-refractivity contribution >= 4 is 62.3 Å². The predicted molar refractivity (Wildman–Crippen MR) is 83.3 cm³/mol. The van der Waals surface area contributed by atoms with Gasteiger partial charge >= 0.3 is 0 Å². The Morgan fingerprint density at radius 2 is 1.33 bits per heavy atom. The summed E-state index contributed by atoms with van der Waals surface area (Å²) < 4.78 is 0.812. The standard InChI is InChI=1S/C13H7BrCl4/c14-9-5-7(1-3-10(9)15)13(18)8-2-4-11(16)12(17)6-8/h1-6,13H. The Labute approximate surface area is 134 Å². The number of hydrogen-bond acceptors (Lipinski definition) is 0. The lowest BCUT2D eigenvalue weighted by Gasteiger charge is -2.12. The highest BCUT2D eigenvalue weighted by Gasteiger charge is 2.13. The smallest absolute Gasteiger partial charge is 0.0836 e. The van der Waals surface area contributed by atoms with Gasteiger partial charge in [-0.2, -0.15) is 0 Å². The molecular formula is C13H7BrCl4. The molecule has 0 N–H and O–H groups in total. The van der Waals surface area contributed by atoms with Crippen LogP contribution in [0, 0.1) is 0 Å². The number of hydrogen-bond donors (Lipinski definition) is 0. The minimum Gasteiger partial charge on any atom is -0.113 e. The van der Waals surface area contributed by atoms with Crippen molar-refractivity contribution in [3.05, 3.63) is 67.1 Å². The summed E-state index contributed by atoms with van der Waals surface area (Å²) in [6.45, 7) is 0. The topological polar surface area (TPSA) is 0 Å². The van der Waals surface area contributed by atoms with E-state index in [2.05, 4.69) is 15.9 Å². The van der Waals surface area contributed by atoms with Gasteiger partial charge in [0.25, 0.3) is 0 Å². The third-order valence-corrected chi connectivity index (χ3v) is 4.93. The Balaban J connectivity index is 2.37. The van der Waals surface area contributed by atoms with Crippen LogP contribution in [-0.2, 0) is 0 Å². The van der Waals surface area contributed by atoms with E-state index in [1.807, 2.05) is 18.2 Å². The Morgan fingerprint density at radius 3 is 1.89 bits per heavy atom. The van der Waals surface area contributed by atoms with Crippen LogP contribution in [0.4, 0.5) is 0 Å². The van der Waals surface area contributed by atoms with Crippen LogP contribution in [0.5, 0.6) is 0 Å². The molecule has 0 saturated carbocycles. The highest BCUT2D eigenvalue weighted by molar-refractivity contribution is 9.10. The minimum absolute atomic E-state index is 0.298. The molecular weight excluding hydrogens is 378 g/mol. The first kappa shape index (κ1) is 14.5. The summed E-state index contributed by atoms with van der Waals surface area (Å²) in [5.74, 6) is 0. The second kappa shape index (κ2) is 6.02. The molecule has 0 spiro atoms. The predicted octanol–water partition coefficient (Wildman–Crippen LogP) is 6.74. The maximum Gasteiger partial charge on any atom is 0.0836 e. The van der Waals surface area contributed by atoms with E-state index in [-0.39, 0.29) is 5.38 Å². The highest BCUT2D eigenvalue weighted by atomic mass is 79.9. The maximum atomic E-state index is 6.41. The zero-order valence-electron chi connectivity index (χ0n) is 8.93. The monoisotopic (exact) mass is 382 g/mol. The lowest BCUT2D eigenvalue weighted by Crippen LogP contribution is -1.93. The van der Waals surface area contributed by atoms with Gasteiger partial charge in [0.1, 0.15) is 0 Å². The van der Waals surface area contributed by atoms with Crippen molar-refractivity contribution in [3.63, 3.8) is 0 Å². The highest BCUT2D eigenvalue weighted by Crippen LogP contribution is 2.35. The Hall–Kier alpha value is 0.0800. The number of benzene rings is 2. The van der Waals surface area contributed by atoms with E-state index >= 15 is 0 Å². The van der Waals surface area contributed by atoms with E-state index < -0.39 is 0 Å². The normalized spacial score (nSPS) is 12.5. The summed E-state index contributed by atoms with van der Waals surface area (Å²) in [6, 6.07) is 10.9.